The summed E-state index contributed by atoms with van der Waals surface area (Å²) in [7, 11) is 0. The highest BCUT2D eigenvalue weighted by Crippen LogP contribution is 2.23. The summed E-state index contributed by atoms with van der Waals surface area (Å²) >= 11 is 0. The Bertz CT molecular complexity index is 337. The number of hydrogen-bond acceptors (Lipinski definition) is 2. The highest BCUT2D eigenvalue weighted by Gasteiger charge is 2.19. The minimum absolute atomic E-state index is 0.220. The van der Waals surface area contributed by atoms with Gasteiger partial charge in [-0.25, -0.2) is 0 Å². The molecule has 1 heterocycles. The molecular weight excluding hydrogens is 198 g/mol. The summed E-state index contributed by atoms with van der Waals surface area (Å²) in [6, 6.07) is 9.12. The molecule has 88 valence electrons. The van der Waals surface area contributed by atoms with Crippen LogP contribution in [-0.2, 0) is 4.74 Å². The van der Waals surface area contributed by atoms with Gasteiger partial charge in [-0.05, 0) is 30.9 Å². The average Bonchev–Trinajstić information content (AvgIpc) is 2.55. The third kappa shape index (κ3) is 2.63. The highest BCUT2D eigenvalue weighted by atomic mass is 16.5. The monoisotopic (exact) mass is 219 g/mol. The van der Waals surface area contributed by atoms with Crippen molar-refractivity contribution in [2.24, 2.45) is 0 Å². The van der Waals surface area contributed by atoms with E-state index in [4.69, 9.17) is 4.74 Å². The normalized spacial score (nSPS) is 26.4. The number of ether oxygens (including phenoxy) is 1. The van der Waals surface area contributed by atoms with E-state index in [-0.39, 0.29) is 6.10 Å². The molecule has 0 aromatic heterocycles. The van der Waals surface area contributed by atoms with E-state index in [0.717, 1.165) is 19.6 Å². The van der Waals surface area contributed by atoms with Gasteiger partial charge >= 0.3 is 0 Å². The van der Waals surface area contributed by atoms with E-state index in [1.165, 1.54) is 17.5 Å². The van der Waals surface area contributed by atoms with Crippen LogP contribution < -0.4 is 5.32 Å². The predicted molar refractivity (Wildman–Crippen MR) is 66.6 cm³/mol. The molecule has 1 saturated heterocycles. The summed E-state index contributed by atoms with van der Waals surface area (Å²) in [4.78, 5) is 0. The van der Waals surface area contributed by atoms with Crippen LogP contribution in [0.4, 0.5) is 0 Å². The molecule has 0 radical (unpaired) electrons. The lowest BCUT2D eigenvalue weighted by Gasteiger charge is -2.18. The van der Waals surface area contributed by atoms with Crippen LogP contribution in [0, 0.1) is 6.92 Å². The van der Waals surface area contributed by atoms with Crippen molar-refractivity contribution in [3.8, 4) is 0 Å². The summed E-state index contributed by atoms with van der Waals surface area (Å²) < 4.78 is 5.94. The summed E-state index contributed by atoms with van der Waals surface area (Å²) in [5.74, 6) is 0. The molecule has 0 saturated carbocycles. The van der Waals surface area contributed by atoms with Crippen molar-refractivity contribution < 1.29 is 4.74 Å². The first kappa shape index (κ1) is 11.6. The van der Waals surface area contributed by atoms with Gasteiger partial charge in [0.1, 0.15) is 0 Å². The Kier molecular flexibility index (Phi) is 3.97. The van der Waals surface area contributed by atoms with Crippen LogP contribution in [0.3, 0.4) is 0 Å². The molecule has 2 heteroatoms. The zero-order valence-electron chi connectivity index (χ0n) is 10.2. The van der Waals surface area contributed by atoms with Crippen LogP contribution in [0.5, 0.6) is 0 Å². The van der Waals surface area contributed by atoms with E-state index < -0.39 is 0 Å². The van der Waals surface area contributed by atoms with E-state index in [0.29, 0.717) is 6.04 Å². The van der Waals surface area contributed by atoms with E-state index in [2.05, 4.69) is 43.4 Å². The maximum Gasteiger partial charge on any atom is 0.0951 e. The number of nitrogens with one attached hydrogen (secondary N) is 1. The van der Waals surface area contributed by atoms with Crippen LogP contribution in [0.25, 0.3) is 0 Å². The molecule has 16 heavy (non-hydrogen) atoms. The molecule has 1 N–H and O–H groups in total. The predicted octanol–water partition coefficient (Wildman–Crippen LogP) is 2.82. The lowest BCUT2D eigenvalue weighted by atomic mass is 10.0. The minimum atomic E-state index is 0.220. The minimum Gasteiger partial charge on any atom is -0.372 e. The third-order valence-electron chi connectivity index (χ3n) is 3.41. The Hall–Kier alpha value is -0.860. The molecule has 0 spiro atoms. The Morgan fingerprint density at radius 3 is 2.94 bits per heavy atom. The van der Waals surface area contributed by atoms with E-state index in [9.17, 15) is 0 Å². The fraction of sp³-hybridized carbons (Fsp3) is 0.571. The van der Waals surface area contributed by atoms with Crippen molar-refractivity contribution >= 4 is 0 Å². The zero-order valence-corrected chi connectivity index (χ0v) is 10.2. The quantitative estimate of drug-likeness (QED) is 0.826. The molecule has 2 rings (SSSR count). The Morgan fingerprint density at radius 1 is 1.38 bits per heavy atom. The van der Waals surface area contributed by atoms with Gasteiger partial charge in [-0.3, -0.25) is 0 Å². The topological polar surface area (TPSA) is 21.3 Å². The number of benzene rings is 1. The molecule has 2 atom stereocenters. The SMILES string of the molecule is CCC1CCOC(c2ccccc2C)CN1. The van der Waals surface area contributed by atoms with Gasteiger partial charge in [-0.1, -0.05) is 31.2 Å². The van der Waals surface area contributed by atoms with E-state index in [1.54, 1.807) is 0 Å². The summed E-state index contributed by atoms with van der Waals surface area (Å²) in [6.45, 7) is 6.18. The van der Waals surface area contributed by atoms with Crippen LogP contribution in [-0.4, -0.2) is 19.2 Å². The van der Waals surface area contributed by atoms with Crippen molar-refractivity contribution in [1.29, 1.82) is 0 Å². The highest BCUT2D eigenvalue weighted by molar-refractivity contribution is 5.28. The van der Waals surface area contributed by atoms with Gasteiger partial charge in [0.05, 0.1) is 6.10 Å². The molecule has 1 aliphatic rings. The molecule has 2 unspecified atom stereocenters. The summed E-state index contributed by atoms with van der Waals surface area (Å²) in [5.41, 5.74) is 2.65. The molecule has 2 nitrogen and oxygen atoms in total. The molecule has 1 aliphatic heterocycles. The molecular formula is C14H21NO. The van der Waals surface area contributed by atoms with E-state index >= 15 is 0 Å². The van der Waals surface area contributed by atoms with Crippen molar-refractivity contribution in [1.82, 2.24) is 5.32 Å². The number of hydrogen-bond donors (Lipinski definition) is 1. The fourth-order valence-electron chi connectivity index (χ4n) is 2.28. The van der Waals surface area contributed by atoms with Crippen molar-refractivity contribution in [3.63, 3.8) is 0 Å². The molecule has 0 aliphatic carbocycles. The maximum absolute atomic E-state index is 5.94. The van der Waals surface area contributed by atoms with Gasteiger partial charge in [0.15, 0.2) is 0 Å². The smallest absolute Gasteiger partial charge is 0.0951 e. The molecule has 1 aromatic carbocycles. The standard InChI is InChI=1S/C14H21NO/c1-3-12-8-9-16-14(10-15-12)13-7-5-4-6-11(13)2/h4-7,12,14-15H,3,8-10H2,1-2H3. The lowest BCUT2D eigenvalue weighted by molar-refractivity contribution is 0.0659. The zero-order chi connectivity index (χ0) is 11.4. The van der Waals surface area contributed by atoms with Crippen LogP contribution >= 0.6 is 0 Å². The second-order valence-corrected chi connectivity index (χ2v) is 4.52. The van der Waals surface area contributed by atoms with Crippen molar-refractivity contribution in [2.45, 2.75) is 38.8 Å². The Balaban J connectivity index is 2.08. The van der Waals surface area contributed by atoms with Gasteiger partial charge in [0, 0.05) is 19.2 Å². The number of rotatable bonds is 2. The third-order valence-corrected chi connectivity index (χ3v) is 3.41. The number of aryl methyl sites for hydroxylation is 1. The van der Waals surface area contributed by atoms with E-state index in [1.807, 2.05) is 0 Å². The average molecular weight is 219 g/mol. The van der Waals surface area contributed by atoms with Crippen molar-refractivity contribution in [2.75, 3.05) is 13.2 Å². The van der Waals surface area contributed by atoms with Gasteiger partial charge in [-0.2, -0.15) is 0 Å². The van der Waals surface area contributed by atoms with Gasteiger partial charge in [0.25, 0.3) is 0 Å². The second-order valence-electron chi connectivity index (χ2n) is 4.52. The Morgan fingerprint density at radius 2 is 2.19 bits per heavy atom. The largest absolute Gasteiger partial charge is 0.372 e. The first-order chi connectivity index (χ1) is 7.81. The van der Waals surface area contributed by atoms with Gasteiger partial charge in [0.2, 0.25) is 0 Å². The van der Waals surface area contributed by atoms with Crippen LogP contribution in [0.1, 0.15) is 37.0 Å². The summed E-state index contributed by atoms with van der Waals surface area (Å²) in [5, 5.41) is 3.58. The molecule has 1 fully saturated rings. The summed E-state index contributed by atoms with van der Waals surface area (Å²) in [6.07, 6.45) is 2.53. The van der Waals surface area contributed by atoms with Gasteiger partial charge < -0.3 is 10.1 Å². The lowest BCUT2D eigenvalue weighted by Crippen LogP contribution is -2.29. The maximum atomic E-state index is 5.94. The molecule has 0 bridgehead atoms. The van der Waals surface area contributed by atoms with Crippen LogP contribution in [0.2, 0.25) is 0 Å². The molecule has 0 amide bonds. The fourth-order valence-corrected chi connectivity index (χ4v) is 2.28. The van der Waals surface area contributed by atoms with Crippen LogP contribution in [0.15, 0.2) is 24.3 Å². The molecule has 1 aromatic rings. The van der Waals surface area contributed by atoms with Crippen molar-refractivity contribution in [3.05, 3.63) is 35.4 Å². The second kappa shape index (κ2) is 5.46. The first-order valence-electron chi connectivity index (χ1n) is 6.21. The van der Waals surface area contributed by atoms with Gasteiger partial charge in [-0.15, -0.1) is 0 Å². The first-order valence-corrected chi connectivity index (χ1v) is 6.21. The Labute approximate surface area is 98.0 Å².